The zero-order valence-electron chi connectivity index (χ0n) is 13.2. The van der Waals surface area contributed by atoms with Crippen LogP contribution in [0, 0.1) is 0 Å². The first-order chi connectivity index (χ1) is 10.5. The van der Waals surface area contributed by atoms with E-state index in [0.29, 0.717) is 6.42 Å². The maximum Gasteiger partial charge on any atom is 0.305 e. The number of carboxylic acid groups (broad SMARTS) is 1. The summed E-state index contributed by atoms with van der Waals surface area (Å²) >= 11 is 0. The van der Waals surface area contributed by atoms with Gasteiger partial charge < -0.3 is 10.4 Å². The van der Waals surface area contributed by atoms with Gasteiger partial charge in [0.1, 0.15) is 0 Å². The average molecular weight is 303 g/mol. The third-order valence-electron chi connectivity index (χ3n) is 4.58. The monoisotopic (exact) mass is 303 g/mol. The predicted molar refractivity (Wildman–Crippen MR) is 85.7 cm³/mol. The molecule has 2 N–H and O–H groups in total. The summed E-state index contributed by atoms with van der Waals surface area (Å²) in [5.41, 5.74) is 1.14. The van der Waals surface area contributed by atoms with Crippen molar-refractivity contribution in [2.45, 2.75) is 63.3 Å². The number of aliphatic carboxylic acids is 1. The molecule has 1 aliphatic carbocycles. The van der Waals surface area contributed by atoms with Gasteiger partial charge in [-0.3, -0.25) is 9.59 Å². The van der Waals surface area contributed by atoms with Crippen molar-refractivity contribution in [3.05, 3.63) is 35.9 Å². The van der Waals surface area contributed by atoms with E-state index in [4.69, 9.17) is 5.11 Å². The Hall–Kier alpha value is -1.84. The summed E-state index contributed by atoms with van der Waals surface area (Å²) in [6.07, 6.45) is 5.98. The molecular weight excluding hydrogens is 278 g/mol. The molecule has 2 rings (SSSR count). The zero-order valence-corrected chi connectivity index (χ0v) is 13.2. The lowest BCUT2D eigenvalue weighted by Gasteiger charge is -2.37. The van der Waals surface area contributed by atoms with Crippen LogP contribution in [0.25, 0.3) is 0 Å². The Morgan fingerprint density at radius 1 is 1.18 bits per heavy atom. The molecule has 120 valence electrons. The fourth-order valence-corrected chi connectivity index (χ4v) is 3.53. The highest BCUT2D eigenvalue weighted by Crippen LogP contribution is 2.42. The van der Waals surface area contributed by atoms with Gasteiger partial charge in [0, 0.05) is 17.9 Å². The Labute approximate surface area is 131 Å². The molecular formula is C18H25NO3. The van der Waals surface area contributed by atoms with Gasteiger partial charge in [-0.1, -0.05) is 49.6 Å². The zero-order chi connectivity index (χ0) is 16.0. The molecule has 4 heteroatoms. The summed E-state index contributed by atoms with van der Waals surface area (Å²) in [4.78, 5) is 23.1. The number of rotatable bonds is 6. The van der Waals surface area contributed by atoms with Crippen LogP contribution in [0.15, 0.2) is 30.3 Å². The molecule has 1 aromatic carbocycles. The van der Waals surface area contributed by atoms with E-state index >= 15 is 0 Å². The third kappa shape index (κ3) is 4.33. The van der Waals surface area contributed by atoms with E-state index in [-0.39, 0.29) is 23.8 Å². The van der Waals surface area contributed by atoms with Gasteiger partial charge in [-0.2, -0.15) is 0 Å². The highest BCUT2D eigenvalue weighted by atomic mass is 16.4. The Balaban J connectivity index is 2.07. The first kappa shape index (κ1) is 16.5. The number of nitrogens with one attached hydrogen (secondary N) is 1. The summed E-state index contributed by atoms with van der Waals surface area (Å²) in [6, 6.07) is 9.93. The molecule has 1 aliphatic rings. The van der Waals surface area contributed by atoms with Gasteiger partial charge in [0.05, 0.1) is 6.42 Å². The van der Waals surface area contributed by atoms with E-state index < -0.39 is 5.97 Å². The molecule has 1 saturated carbocycles. The first-order valence-electron chi connectivity index (χ1n) is 8.08. The van der Waals surface area contributed by atoms with Crippen LogP contribution >= 0.6 is 0 Å². The molecule has 0 heterocycles. The number of hydrogen-bond acceptors (Lipinski definition) is 2. The van der Waals surface area contributed by atoms with Crippen LogP contribution in [-0.2, 0) is 15.0 Å². The fourth-order valence-electron chi connectivity index (χ4n) is 3.53. The van der Waals surface area contributed by atoms with Crippen LogP contribution in [-0.4, -0.2) is 23.0 Å². The number of carbonyl (C=O) groups is 2. The van der Waals surface area contributed by atoms with E-state index in [1.807, 2.05) is 18.2 Å². The number of amides is 1. The molecule has 0 saturated heterocycles. The van der Waals surface area contributed by atoms with Crippen molar-refractivity contribution >= 4 is 11.9 Å². The van der Waals surface area contributed by atoms with Crippen molar-refractivity contribution < 1.29 is 14.7 Å². The third-order valence-corrected chi connectivity index (χ3v) is 4.58. The van der Waals surface area contributed by atoms with Crippen LogP contribution < -0.4 is 5.32 Å². The second-order valence-electron chi connectivity index (χ2n) is 6.45. The quantitative estimate of drug-likeness (QED) is 0.847. The van der Waals surface area contributed by atoms with Gasteiger partial charge in [0.15, 0.2) is 0 Å². The van der Waals surface area contributed by atoms with Gasteiger partial charge in [0.2, 0.25) is 5.91 Å². The van der Waals surface area contributed by atoms with Crippen molar-refractivity contribution in [1.82, 2.24) is 5.32 Å². The second-order valence-corrected chi connectivity index (χ2v) is 6.45. The van der Waals surface area contributed by atoms with Gasteiger partial charge in [-0.15, -0.1) is 0 Å². The molecule has 1 aromatic rings. The average Bonchev–Trinajstić information content (AvgIpc) is 2.48. The van der Waals surface area contributed by atoms with E-state index in [9.17, 15) is 9.59 Å². The molecule has 1 unspecified atom stereocenters. The van der Waals surface area contributed by atoms with Gasteiger partial charge >= 0.3 is 5.97 Å². The highest BCUT2D eigenvalue weighted by Gasteiger charge is 2.36. The Kier molecular flexibility index (Phi) is 5.58. The van der Waals surface area contributed by atoms with Crippen LogP contribution in [0.3, 0.4) is 0 Å². The molecule has 1 amide bonds. The van der Waals surface area contributed by atoms with Crippen molar-refractivity contribution in [1.29, 1.82) is 0 Å². The molecule has 1 atom stereocenters. The second kappa shape index (κ2) is 7.43. The van der Waals surface area contributed by atoms with Crippen LogP contribution in [0.5, 0.6) is 0 Å². The van der Waals surface area contributed by atoms with Crippen molar-refractivity contribution in [2.24, 2.45) is 0 Å². The minimum Gasteiger partial charge on any atom is -0.481 e. The summed E-state index contributed by atoms with van der Waals surface area (Å²) in [5, 5.41) is 11.6. The predicted octanol–water partition coefficient (Wildman–Crippen LogP) is 3.26. The lowest BCUT2D eigenvalue weighted by atomic mass is 9.67. The normalized spacial score (nSPS) is 18.4. The van der Waals surface area contributed by atoms with Crippen molar-refractivity contribution in [2.75, 3.05) is 0 Å². The van der Waals surface area contributed by atoms with Crippen molar-refractivity contribution in [3.63, 3.8) is 0 Å². The Morgan fingerprint density at radius 3 is 2.41 bits per heavy atom. The molecule has 0 aliphatic heterocycles. The lowest BCUT2D eigenvalue weighted by Crippen LogP contribution is -2.40. The van der Waals surface area contributed by atoms with E-state index in [2.05, 4.69) is 17.4 Å². The van der Waals surface area contributed by atoms with Crippen LogP contribution in [0.4, 0.5) is 0 Å². The Bertz CT molecular complexity index is 506. The van der Waals surface area contributed by atoms with Crippen LogP contribution in [0.2, 0.25) is 0 Å². The lowest BCUT2D eigenvalue weighted by molar-refractivity contribution is -0.137. The number of benzene rings is 1. The summed E-state index contributed by atoms with van der Waals surface area (Å²) in [6.45, 7) is 1.74. The molecule has 22 heavy (non-hydrogen) atoms. The molecule has 0 bridgehead atoms. The number of carbonyl (C=O) groups excluding carboxylic acids is 1. The summed E-state index contributed by atoms with van der Waals surface area (Å²) in [7, 11) is 0. The minimum atomic E-state index is -0.886. The van der Waals surface area contributed by atoms with E-state index in [1.54, 1.807) is 6.92 Å². The standard InChI is InChI=1S/C18H25NO3/c1-14(12-17(21)22)19-16(20)13-18(10-6-3-7-11-18)15-8-4-2-5-9-15/h2,4-5,8-9,14H,3,6-7,10-13H2,1H3,(H,19,20)(H,21,22). The highest BCUT2D eigenvalue weighted by molar-refractivity contribution is 5.79. The summed E-state index contributed by atoms with van der Waals surface area (Å²) < 4.78 is 0. The minimum absolute atomic E-state index is 0.0376. The number of carboxylic acids is 1. The fraction of sp³-hybridized carbons (Fsp3) is 0.556. The van der Waals surface area contributed by atoms with E-state index in [1.165, 1.54) is 12.0 Å². The molecule has 0 aromatic heterocycles. The SMILES string of the molecule is CC(CC(=O)O)NC(=O)CC1(c2ccccc2)CCCCC1. The maximum atomic E-state index is 12.4. The molecule has 0 spiro atoms. The topological polar surface area (TPSA) is 66.4 Å². The van der Waals surface area contributed by atoms with Gasteiger partial charge in [-0.05, 0) is 25.3 Å². The van der Waals surface area contributed by atoms with Crippen LogP contribution in [0.1, 0.15) is 57.4 Å². The number of hydrogen-bond donors (Lipinski definition) is 2. The van der Waals surface area contributed by atoms with E-state index in [0.717, 1.165) is 25.7 Å². The van der Waals surface area contributed by atoms with Gasteiger partial charge in [0.25, 0.3) is 0 Å². The molecule has 1 fully saturated rings. The molecule has 4 nitrogen and oxygen atoms in total. The first-order valence-corrected chi connectivity index (χ1v) is 8.08. The van der Waals surface area contributed by atoms with Crippen molar-refractivity contribution in [3.8, 4) is 0 Å². The maximum absolute atomic E-state index is 12.4. The smallest absolute Gasteiger partial charge is 0.305 e. The Morgan fingerprint density at radius 2 is 1.82 bits per heavy atom. The van der Waals surface area contributed by atoms with Gasteiger partial charge in [-0.25, -0.2) is 0 Å². The summed E-state index contributed by atoms with van der Waals surface area (Å²) in [5.74, 6) is -0.928. The largest absolute Gasteiger partial charge is 0.481 e. The molecule has 0 radical (unpaired) electrons.